The molecule has 200 valence electrons. The van der Waals surface area contributed by atoms with Crippen molar-refractivity contribution in [3.63, 3.8) is 0 Å². The molecule has 0 radical (unpaired) electrons. The first-order valence-electron chi connectivity index (χ1n) is 13.4. The van der Waals surface area contributed by atoms with Crippen LogP contribution in [0.4, 0.5) is 4.79 Å². The summed E-state index contributed by atoms with van der Waals surface area (Å²) in [6.45, 7) is 6.34. The summed E-state index contributed by atoms with van der Waals surface area (Å²) in [6.07, 6.45) is 7.95. The van der Waals surface area contributed by atoms with E-state index in [1.54, 1.807) is 12.2 Å². The molecule has 4 N–H and O–H groups in total. The number of Topliss-reactive ketones (excluding diaryl/α,β-unsaturated/α-hetero) is 1. The highest BCUT2D eigenvalue weighted by molar-refractivity contribution is 6.01. The van der Waals surface area contributed by atoms with Crippen LogP contribution in [0.2, 0.25) is 0 Å². The zero-order valence-corrected chi connectivity index (χ0v) is 21.7. The van der Waals surface area contributed by atoms with Crippen LogP contribution in [0.5, 0.6) is 0 Å². The van der Waals surface area contributed by atoms with Crippen molar-refractivity contribution >= 4 is 17.7 Å². The summed E-state index contributed by atoms with van der Waals surface area (Å²) < 4.78 is 10.1. The molecule has 0 aromatic rings. The molecule has 36 heavy (non-hydrogen) atoms. The highest BCUT2D eigenvalue weighted by Gasteiger charge is 2.68. The van der Waals surface area contributed by atoms with E-state index in [1.807, 2.05) is 13.0 Å². The van der Waals surface area contributed by atoms with Gasteiger partial charge in [-0.15, -0.1) is 0 Å². The number of aliphatic hydroxyl groups is 2. The van der Waals surface area contributed by atoms with Gasteiger partial charge in [0.15, 0.2) is 12.4 Å². The first-order chi connectivity index (χ1) is 17.0. The van der Waals surface area contributed by atoms with Gasteiger partial charge in [0.25, 0.3) is 0 Å². The number of hydrogen-bond donors (Lipinski definition) is 3. The number of hydrogen-bond acceptors (Lipinski definition) is 8. The van der Waals surface area contributed by atoms with Gasteiger partial charge < -0.3 is 25.4 Å². The summed E-state index contributed by atoms with van der Waals surface area (Å²) in [4.78, 5) is 37.3. The molecule has 0 saturated heterocycles. The van der Waals surface area contributed by atoms with Crippen molar-refractivity contribution in [2.75, 3.05) is 19.8 Å². The molecule has 8 atom stereocenters. The monoisotopic (exact) mass is 503 g/mol. The van der Waals surface area contributed by atoms with E-state index < -0.39 is 41.1 Å². The molecule has 0 bridgehead atoms. The van der Waals surface area contributed by atoms with Gasteiger partial charge in [0.2, 0.25) is 5.78 Å². The van der Waals surface area contributed by atoms with Crippen LogP contribution in [0.1, 0.15) is 65.7 Å². The molecule has 4 rings (SSSR count). The van der Waals surface area contributed by atoms with Crippen molar-refractivity contribution in [3.8, 4) is 0 Å². The molecule has 8 heteroatoms. The molecule has 4 aliphatic rings. The van der Waals surface area contributed by atoms with E-state index in [0.29, 0.717) is 19.4 Å². The van der Waals surface area contributed by atoms with E-state index in [0.717, 1.165) is 24.8 Å². The summed E-state index contributed by atoms with van der Waals surface area (Å²) in [5.41, 5.74) is 3.55. The summed E-state index contributed by atoms with van der Waals surface area (Å²) in [6, 6.07) is 0. The first kappa shape index (κ1) is 27.0. The van der Waals surface area contributed by atoms with Crippen LogP contribution in [0.15, 0.2) is 23.8 Å². The molecule has 3 saturated carbocycles. The maximum absolute atomic E-state index is 13.3. The van der Waals surface area contributed by atoms with Crippen LogP contribution < -0.4 is 5.73 Å². The Morgan fingerprint density at radius 1 is 1.19 bits per heavy atom. The molecule has 0 amide bonds. The van der Waals surface area contributed by atoms with Crippen LogP contribution in [-0.4, -0.2) is 59.4 Å². The van der Waals surface area contributed by atoms with Gasteiger partial charge in [-0.05, 0) is 81.4 Å². The number of carbonyl (C=O) groups excluding carboxylic acids is 3. The number of rotatable bonds is 8. The van der Waals surface area contributed by atoms with Crippen LogP contribution in [0.3, 0.4) is 0 Å². The Bertz CT molecular complexity index is 960. The molecule has 0 aromatic heterocycles. The van der Waals surface area contributed by atoms with Gasteiger partial charge in [0, 0.05) is 16.7 Å². The maximum atomic E-state index is 13.3. The minimum Gasteiger partial charge on any atom is -0.434 e. The zero-order valence-electron chi connectivity index (χ0n) is 21.7. The lowest BCUT2D eigenvalue weighted by atomic mass is 9.45. The standard InChI is InChI=1S/C28H41NO7/c1-17-13-19-20-8-10-28(34,23(32)16-36-25(33)35-12-6-4-5-11-29)27(20,3)15-22(31)24(19)26(2)9-7-18(30)14-21(17)26/h7,9,14,17,19-20,22,24,31,34H,4-6,8,10-13,15-16,29H2,1-3H3/t17-,19-,20-,22-,24+,26-,27-,28-/m0/s1. The second kappa shape index (κ2) is 10.0. The van der Waals surface area contributed by atoms with Gasteiger partial charge in [-0.25, -0.2) is 4.79 Å². The molecular formula is C28H41NO7. The second-order valence-electron chi connectivity index (χ2n) is 11.8. The lowest BCUT2D eigenvalue weighted by Crippen LogP contribution is -2.62. The van der Waals surface area contributed by atoms with E-state index in [9.17, 15) is 24.6 Å². The van der Waals surface area contributed by atoms with Crippen molar-refractivity contribution in [1.82, 2.24) is 0 Å². The van der Waals surface area contributed by atoms with Crippen LogP contribution >= 0.6 is 0 Å². The Labute approximate surface area is 213 Å². The Balaban J connectivity index is 1.47. The Morgan fingerprint density at radius 2 is 1.94 bits per heavy atom. The van der Waals surface area contributed by atoms with Gasteiger partial charge >= 0.3 is 6.16 Å². The first-order valence-corrected chi connectivity index (χ1v) is 13.4. The Morgan fingerprint density at radius 3 is 2.67 bits per heavy atom. The van der Waals surface area contributed by atoms with E-state index in [4.69, 9.17) is 15.2 Å². The summed E-state index contributed by atoms with van der Waals surface area (Å²) in [7, 11) is 0. The average Bonchev–Trinajstić information content (AvgIpc) is 3.09. The fourth-order valence-electron chi connectivity index (χ4n) is 8.08. The number of ether oxygens (including phenoxy) is 2. The molecule has 0 aromatic carbocycles. The van der Waals surface area contributed by atoms with Gasteiger partial charge in [-0.3, -0.25) is 9.59 Å². The van der Waals surface area contributed by atoms with E-state index in [2.05, 4.69) is 13.8 Å². The van der Waals surface area contributed by atoms with Crippen LogP contribution in [0, 0.1) is 34.5 Å². The lowest BCUT2D eigenvalue weighted by molar-refractivity contribution is -0.180. The van der Waals surface area contributed by atoms with E-state index in [1.165, 1.54) is 0 Å². The normalized spacial score (nSPS) is 41.1. The molecule has 8 nitrogen and oxygen atoms in total. The predicted octanol–water partition coefficient (Wildman–Crippen LogP) is 3.09. The number of allylic oxidation sites excluding steroid dienone is 4. The fourth-order valence-corrected chi connectivity index (χ4v) is 8.08. The van der Waals surface area contributed by atoms with Crippen molar-refractivity contribution in [1.29, 1.82) is 0 Å². The second-order valence-corrected chi connectivity index (χ2v) is 11.8. The third-order valence-electron chi connectivity index (χ3n) is 9.82. The van der Waals surface area contributed by atoms with Crippen molar-refractivity contribution in [3.05, 3.63) is 23.8 Å². The number of fused-ring (bicyclic) bond motifs is 5. The van der Waals surface area contributed by atoms with Gasteiger partial charge in [0.1, 0.15) is 5.60 Å². The molecular weight excluding hydrogens is 462 g/mol. The average molecular weight is 504 g/mol. The molecule has 4 aliphatic carbocycles. The van der Waals surface area contributed by atoms with Gasteiger partial charge in [-0.1, -0.05) is 32.4 Å². The zero-order chi connectivity index (χ0) is 26.3. The number of ketones is 2. The predicted molar refractivity (Wildman–Crippen MR) is 133 cm³/mol. The Hall–Kier alpha value is -2.03. The number of unbranched alkanes of at least 4 members (excludes halogenated alkanes) is 2. The minimum atomic E-state index is -1.69. The Kier molecular flexibility index (Phi) is 7.53. The molecule has 0 unspecified atom stereocenters. The van der Waals surface area contributed by atoms with E-state index in [-0.39, 0.29) is 48.9 Å². The lowest BCUT2D eigenvalue weighted by Gasteiger charge is -2.60. The van der Waals surface area contributed by atoms with Crippen LogP contribution in [0.25, 0.3) is 0 Å². The third-order valence-corrected chi connectivity index (χ3v) is 9.82. The molecule has 0 spiro atoms. The number of aliphatic hydroxyl groups excluding tert-OH is 1. The molecule has 0 heterocycles. The summed E-state index contributed by atoms with van der Waals surface area (Å²) in [5.74, 6) is -0.372. The highest BCUT2D eigenvalue weighted by atomic mass is 16.7. The van der Waals surface area contributed by atoms with Gasteiger partial charge in [-0.2, -0.15) is 0 Å². The quantitative estimate of drug-likeness (QED) is 0.340. The minimum absolute atomic E-state index is 0.0159. The van der Waals surface area contributed by atoms with Crippen molar-refractivity contribution < 1.29 is 34.1 Å². The topological polar surface area (TPSA) is 136 Å². The number of carbonyl (C=O) groups is 3. The molecule has 0 aliphatic heterocycles. The summed E-state index contributed by atoms with van der Waals surface area (Å²) >= 11 is 0. The number of nitrogens with two attached hydrogens (primary N) is 1. The maximum Gasteiger partial charge on any atom is 0.508 e. The summed E-state index contributed by atoms with van der Waals surface area (Å²) in [5, 5.41) is 23.2. The third kappa shape index (κ3) is 4.35. The van der Waals surface area contributed by atoms with Gasteiger partial charge in [0.05, 0.1) is 12.7 Å². The fraction of sp³-hybridized carbons (Fsp3) is 0.750. The highest BCUT2D eigenvalue weighted by Crippen LogP contribution is 2.67. The SMILES string of the molecule is C[C@H]1C[C@@H]2[C@H]([C@@H](O)C[C@@]3(C)[C@H]2CC[C@]3(O)C(=O)COC(=O)OCCCCCN)[C@@]2(C)C=CC(=O)C=C12. The van der Waals surface area contributed by atoms with Crippen LogP contribution in [-0.2, 0) is 19.1 Å². The van der Waals surface area contributed by atoms with E-state index >= 15 is 0 Å². The van der Waals surface area contributed by atoms with Crippen molar-refractivity contribution in [2.45, 2.75) is 77.4 Å². The van der Waals surface area contributed by atoms with Crippen molar-refractivity contribution in [2.24, 2.45) is 40.2 Å². The smallest absolute Gasteiger partial charge is 0.434 e. The largest absolute Gasteiger partial charge is 0.508 e. The molecule has 3 fully saturated rings.